The lowest BCUT2D eigenvalue weighted by molar-refractivity contribution is -0.753. The van der Waals surface area contributed by atoms with E-state index in [0.717, 1.165) is 23.1 Å². The monoisotopic (exact) mass is 715 g/mol. The van der Waals surface area contributed by atoms with Crippen LogP contribution in [0.3, 0.4) is 0 Å². The summed E-state index contributed by atoms with van der Waals surface area (Å²) in [5.41, 5.74) is -1.93. The highest BCUT2D eigenvalue weighted by Gasteiger charge is 2.46. The Labute approximate surface area is 277 Å². The minimum absolute atomic E-state index is 0. The fraction of sp³-hybridized carbons (Fsp3) is 0.407. The molecule has 18 heteroatoms. The highest BCUT2D eigenvalue weighted by Crippen LogP contribution is 2.33. The summed E-state index contributed by atoms with van der Waals surface area (Å²) in [4.78, 5) is 26.0. The maximum Gasteiger partial charge on any atom is 0.416 e. The molecule has 2 N–H and O–H groups in total. The van der Waals surface area contributed by atoms with Crippen LogP contribution < -0.4 is 27.2 Å². The van der Waals surface area contributed by atoms with Gasteiger partial charge in [-0.15, -0.1) is 17.1 Å². The molecule has 0 saturated carbocycles. The van der Waals surface area contributed by atoms with Crippen LogP contribution in [0.5, 0.6) is 0 Å². The van der Waals surface area contributed by atoms with Gasteiger partial charge in [-0.3, -0.25) is 9.69 Å². The van der Waals surface area contributed by atoms with Gasteiger partial charge in [-0.05, 0) is 32.2 Å². The fourth-order valence-corrected chi connectivity index (χ4v) is 5.27. The number of hydrogen-bond donors (Lipinski definition) is 2. The molecule has 250 valence electrons. The first kappa shape index (κ1) is 39.9. The van der Waals surface area contributed by atoms with Crippen LogP contribution in [0.2, 0.25) is 5.02 Å². The molecule has 0 spiro atoms. The van der Waals surface area contributed by atoms with Gasteiger partial charge in [-0.1, -0.05) is 23.7 Å². The van der Waals surface area contributed by atoms with Crippen LogP contribution in [0.4, 0.5) is 19.3 Å². The van der Waals surface area contributed by atoms with Gasteiger partial charge in [0.25, 0.3) is 6.33 Å². The molecular weight excluding hydrogens is 683 g/mol. The molecule has 3 atom stereocenters. The van der Waals surface area contributed by atoms with E-state index in [1.165, 1.54) is 49.1 Å². The van der Waals surface area contributed by atoms with Gasteiger partial charge in [0.1, 0.15) is 30.4 Å². The predicted molar refractivity (Wildman–Crippen MR) is 159 cm³/mol. The lowest BCUT2D eigenvalue weighted by Gasteiger charge is -2.31. The number of likely N-dealkylation sites (N-methyl/N-ethyl adjacent to an activating group) is 1. The van der Waals surface area contributed by atoms with Gasteiger partial charge < -0.3 is 32.3 Å². The number of benzene rings is 2. The zero-order chi connectivity index (χ0) is 32.1. The standard InChI is InChI=1S/C27H33ClF2N5O7S.2ClH/c1-17(43(5,39)40)27(38,22-9-8-21(29)11-23(22)30)14-35-16-34(15-32-35)18(2)42-26(37)33(4)24-10-20(28)7-6-19(24)13-41-25(36)12-31-3;;/h6-11,15-18,31,38H,12-14H2,1-5H3;2*1H/q+1;;/p-1. The van der Waals surface area contributed by atoms with Crippen molar-refractivity contribution in [3.8, 4) is 0 Å². The Hall–Kier alpha value is -3.08. The Morgan fingerprint density at radius 3 is 2.49 bits per heavy atom. The molecule has 0 bridgehead atoms. The number of nitrogens with one attached hydrogen (secondary N) is 1. The van der Waals surface area contributed by atoms with E-state index in [1.807, 2.05) is 0 Å². The van der Waals surface area contributed by atoms with E-state index in [4.69, 9.17) is 21.1 Å². The number of amides is 1. The topological polar surface area (TPSA) is 144 Å². The molecule has 0 aliphatic heterocycles. The van der Waals surface area contributed by atoms with E-state index >= 15 is 0 Å². The third-order valence-electron chi connectivity index (χ3n) is 6.80. The zero-order valence-corrected chi connectivity index (χ0v) is 28.1. The highest BCUT2D eigenvalue weighted by atomic mass is 35.5. The van der Waals surface area contributed by atoms with E-state index in [2.05, 4.69) is 10.4 Å². The molecule has 0 saturated heterocycles. The van der Waals surface area contributed by atoms with Crippen LogP contribution in [-0.4, -0.2) is 67.5 Å². The third kappa shape index (κ3) is 9.95. The highest BCUT2D eigenvalue weighted by molar-refractivity contribution is 7.91. The smallest absolute Gasteiger partial charge is 0.416 e. The second-order valence-electron chi connectivity index (χ2n) is 9.92. The van der Waals surface area contributed by atoms with Crippen LogP contribution in [0.15, 0.2) is 49.1 Å². The number of hydrogen-bond acceptors (Lipinski definition) is 9. The summed E-state index contributed by atoms with van der Waals surface area (Å²) < 4.78 is 66.4. The van der Waals surface area contributed by atoms with E-state index in [0.29, 0.717) is 22.3 Å². The zero-order valence-electron chi connectivity index (χ0n) is 24.9. The van der Waals surface area contributed by atoms with Crippen LogP contribution in [0, 0.1) is 11.6 Å². The molecule has 0 fully saturated rings. The van der Waals surface area contributed by atoms with Crippen molar-refractivity contribution in [3.63, 3.8) is 0 Å². The number of aliphatic hydroxyl groups is 1. The summed E-state index contributed by atoms with van der Waals surface area (Å²) in [5.74, 6) is -2.51. The molecule has 0 aliphatic rings. The molecule has 45 heavy (non-hydrogen) atoms. The molecule has 3 unspecified atom stereocenters. The lowest BCUT2D eigenvalue weighted by Crippen LogP contribution is -3.00. The number of ether oxygens (including phenoxy) is 2. The normalized spacial score (nSPS) is 13.8. The minimum Gasteiger partial charge on any atom is -1.00 e. The number of esters is 1. The molecule has 1 amide bonds. The van der Waals surface area contributed by atoms with Crippen molar-refractivity contribution in [2.45, 2.75) is 44.1 Å². The van der Waals surface area contributed by atoms with Crippen LogP contribution in [0.1, 0.15) is 31.2 Å². The van der Waals surface area contributed by atoms with Gasteiger partial charge in [0, 0.05) is 47.5 Å². The quantitative estimate of drug-likeness (QED) is 0.194. The molecular formula is C27H34Cl3F2N5O7S. The van der Waals surface area contributed by atoms with Gasteiger partial charge in [-0.2, -0.15) is 4.57 Å². The summed E-state index contributed by atoms with van der Waals surface area (Å²) >= 11 is 6.14. The fourth-order valence-electron chi connectivity index (χ4n) is 4.19. The molecule has 0 aliphatic carbocycles. The summed E-state index contributed by atoms with van der Waals surface area (Å²) in [6.45, 7) is 2.09. The van der Waals surface area contributed by atoms with Crippen LogP contribution in [-0.2, 0) is 42.9 Å². The summed E-state index contributed by atoms with van der Waals surface area (Å²) in [6, 6.07) is 7.15. The number of anilines is 1. The van der Waals surface area contributed by atoms with Gasteiger partial charge >= 0.3 is 12.1 Å². The molecule has 1 heterocycles. The van der Waals surface area contributed by atoms with Crippen molar-refractivity contribution >= 4 is 51.6 Å². The number of carbonyl (C=O) groups is 2. The number of halogens is 5. The summed E-state index contributed by atoms with van der Waals surface area (Å²) in [6.07, 6.45) is 1.72. The van der Waals surface area contributed by atoms with Gasteiger partial charge in [0.2, 0.25) is 12.6 Å². The Kier molecular flexibility index (Phi) is 14.6. The number of rotatable bonds is 12. The van der Waals surface area contributed by atoms with Crippen molar-refractivity contribution in [1.82, 2.24) is 15.1 Å². The molecule has 0 radical (unpaired) electrons. The van der Waals surface area contributed by atoms with Gasteiger partial charge in [-0.25, -0.2) is 22.0 Å². The number of nitrogens with zero attached hydrogens (tertiary/aromatic N) is 4. The summed E-state index contributed by atoms with van der Waals surface area (Å²) in [7, 11) is -0.866. The second kappa shape index (κ2) is 16.5. The first-order valence-electron chi connectivity index (χ1n) is 12.9. The predicted octanol–water partition coefficient (Wildman–Crippen LogP) is -0.0970. The maximum absolute atomic E-state index is 14.7. The van der Waals surface area contributed by atoms with E-state index in [-0.39, 0.29) is 38.0 Å². The average Bonchev–Trinajstić information content (AvgIpc) is 3.39. The number of aromatic nitrogens is 3. The van der Waals surface area contributed by atoms with E-state index in [9.17, 15) is 31.9 Å². The van der Waals surface area contributed by atoms with Crippen molar-refractivity contribution in [3.05, 3.63) is 76.8 Å². The molecule has 3 aromatic rings. The minimum atomic E-state index is -3.91. The SMILES string of the molecule is CNCC(=O)OCc1ccc(Cl)cc1N(C)C(=O)OC(C)[n+]1cnn(CC(O)(c2ccc(F)cc2F)C(C)S(C)(=O)=O)c1.Cl.[Cl-]. The van der Waals surface area contributed by atoms with Gasteiger partial charge in [0.05, 0.1) is 17.5 Å². The van der Waals surface area contributed by atoms with Crippen molar-refractivity contribution < 1.29 is 58.3 Å². The van der Waals surface area contributed by atoms with Crippen LogP contribution in [0.25, 0.3) is 0 Å². The maximum atomic E-state index is 14.7. The Balaban J connectivity index is 0.00000506. The molecule has 12 nitrogen and oxygen atoms in total. The molecule has 2 aromatic carbocycles. The Bertz CT molecular complexity index is 1600. The van der Waals surface area contributed by atoms with Crippen molar-refractivity contribution in [2.24, 2.45) is 0 Å². The Morgan fingerprint density at radius 1 is 1.22 bits per heavy atom. The summed E-state index contributed by atoms with van der Waals surface area (Å²) in [5, 5.41) is 17.1. The Morgan fingerprint density at radius 2 is 1.89 bits per heavy atom. The first-order chi connectivity index (χ1) is 20.1. The van der Waals surface area contributed by atoms with E-state index in [1.54, 1.807) is 19.2 Å². The third-order valence-corrected chi connectivity index (χ3v) is 8.71. The first-order valence-corrected chi connectivity index (χ1v) is 15.2. The average molecular weight is 717 g/mol. The molecule has 1 aromatic heterocycles. The van der Waals surface area contributed by atoms with Gasteiger partial charge in [0.15, 0.2) is 9.84 Å². The molecule has 3 rings (SSSR count). The van der Waals surface area contributed by atoms with Crippen molar-refractivity contribution in [2.75, 3.05) is 31.8 Å². The lowest BCUT2D eigenvalue weighted by atomic mass is 9.90. The largest absolute Gasteiger partial charge is 1.00 e. The van der Waals surface area contributed by atoms with Crippen molar-refractivity contribution in [1.29, 1.82) is 0 Å². The second-order valence-corrected chi connectivity index (χ2v) is 12.7. The van der Waals surface area contributed by atoms with Crippen LogP contribution >= 0.6 is 24.0 Å². The van der Waals surface area contributed by atoms with E-state index < -0.39 is 62.7 Å². The number of carbonyl (C=O) groups excluding carboxylic acids is 2. The number of sulfone groups is 1.